The SMILES string of the molecule is Cc1ccc(CC2CNCC(=O)N2)cc1Br. The molecule has 0 radical (unpaired) electrons. The molecule has 4 heteroatoms. The Hall–Kier alpha value is -0.870. The van der Waals surface area contributed by atoms with Crippen LogP contribution in [-0.4, -0.2) is 25.0 Å². The second-order valence-corrected chi connectivity index (χ2v) is 5.04. The lowest BCUT2D eigenvalue weighted by atomic mass is 10.0. The second kappa shape index (κ2) is 4.97. The summed E-state index contributed by atoms with van der Waals surface area (Å²) >= 11 is 3.52. The van der Waals surface area contributed by atoms with Crippen LogP contribution in [0.3, 0.4) is 0 Å². The van der Waals surface area contributed by atoms with Crippen LogP contribution in [0.1, 0.15) is 11.1 Å². The molecule has 1 aliphatic rings. The van der Waals surface area contributed by atoms with E-state index >= 15 is 0 Å². The van der Waals surface area contributed by atoms with Gasteiger partial charge in [-0.05, 0) is 30.5 Å². The third-order valence-electron chi connectivity index (χ3n) is 2.76. The van der Waals surface area contributed by atoms with Gasteiger partial charge in [0.15, 0.2) is 0 Å². The van der Waals surface area contributed by atoms with Gasteiger partial charge in [-0.1, -0.05) is 28.1 Å². The molecule has 3 nitrogen and oxygen atoms in total. The fourth-order valence-corrected chi connectivity index (χ4v) is 2.29. The first-order valence-electron chi connectivity index (χ1n) is 5.40. The van der Waals surface area contributed by atoms with Gasteiger partial charge in [0.2, 0.25) is 5.91 Å². The van der Waals surface area contributed by atoms with Crippen molar-refractivity contribution < 1.29 is 4.79 Å². The topological polar surface area (TPSA) is 41.1 Å². The van der Waals surface area contributed by atoms with Crippen LogP contribution < -0.4 is 10.6 Å². The highest BCUT2D eigenvalue weighted by Crippen LogP contribution is 2.18. The van der Waals surface area contributed by atoms with Gasteiger partial charge >= 0.3 is 0 Å². The number of piperazine rings is 1. The first-order valence-corrected chi connectivity index (χ1v) is 6.19. The summed E-state index contributed by atoms with van der Waals surface area (Å²) in [5.41, 5.74) is 2.47. The summed E-state index contributed by atoms with van der Waals surface area (Å²) in [6.45, 7) is 3.35. The van der Waals surface area contributed by atoms with E-state index in [4.69, 9.17) is 0 Å². The lowest BCUT2D eigenvalue weighted by molar-refractivity contribution is -0.122. The van der Waals surface area contributed by atoms with Gasteiger partial charge in [0.25, 0.3) is 0 Å². The second-order valence-electron chi connectivity index (χ2n) is 4.18. The Balaban J connectivity index is 2.03. The van der Waals surface area contributed by atoms with Gasteiger partial charge in [-0.25, -0.2) is 0 Å². The van der Waals surface area contributed by atoms with Crippen LogP contribution in [0.2, 0.25) is 0 Å². The number of aryl methyl sites for hydroxylation is 1. The minimum atomic E-state index is 0.0856. The molecular weight excluding hydrogens is 268 g/mol. The van der Waals surface area contributed by atoms with Crippen LogP contribution in [-0.2, 0) is 11.2 Å². The first-order chi connectivity index (χ1) is 7.65. The molecule has 0 saturated carbocycles. The molecule has 1 amide bonds. The molecule has 2 rings (SSSR count). The molecule has 2 N–H and O–H groups in total. The Labute approximate surface area is 104 Å². The monoisotopic (exact) mass is 282 g/mol. The van der Waals surface area contributed by atoms with Crippen LogP contribution in [0.4, 0.5) is 0 Å². The highest BCUT2D eigenvalue weighted by molar-refractivity contribution is 9.10. The number of rotatable bonds is 2. The van der Waals surface area contributed by atoms with Crippen LogP contribution in [0.5, 0.6) is 0 Å². The molecule has 0 aliphatic carbocycles. The predicted octanol–water partition coefficient (Wildman–Crippen LogP) is 1.39. The predicted molar refractivity (Wildman–Crippen MR) is 67.4 cm³/mol. The number of benzene rings is 1. The van der Waals surface area contributed by atoms with E-state index in [1.54, 1.807) is 0 Å². The zero-order valence-electron chi connectivity index (χ0n) is 9.22. The van der Waals surface area contributed by atoms with E-state index in [1.165, 1.54) is 11.1 Å². The maximum atomic E-state index is 11.2. The quantitative estimate of drug-likeness (QED) is 0.861. The molecule has 0 spiro atoms. The maximum Gasteiger partial charge on any atom is 0.234 e. The van der Waals surface area contributed by atoms with Gasteiger partial charge in [0, 0.05) is 17.1 Å². The Bertz CT molecular complexity index is 406. The van der Waals surface area contributed by atoms with Crippen molar-refractivity contribution in [2.24, 2.45) is 0 Å². The third-order valence-corrected chi connectivity index (χ3v) is 3.61. The smallest absolute Gasteiger partial charge is 0.234 e. The summed E-state index contributed by atoms with van der Waals surface area (Å²) in [5, 5.41) is 6.09. The first kappa shape index (κ1) is 11.6. The van der Waals surface area contributed by atoms with Crippen molar-refractivity contribution in [3.63, 3.8) is 0 Å². The Morgan fingerprint density at radius 1 is 1.50 bits per heavy atom. The van der Waals surface area contributed by atoms with Gasteiger partial charge in [-0.3, -0.25) is 4.79 Å². The summed E-state index contributed by atoms with van der Waals surface area (Å²) in [6.07, 6.45) is 0.873. The minimum absolute atomic E-state index is 0.0856. The third kappa shape index (κ3) is 2.83. The number of hydrogen-bond acceptors (Lipinski definition) is 2. The molecule has 1 aromatic carbocycles. The van der Waals surface area contributed by atoms with Crippen molar-refractivity contribution in [1.29, 1.82) is 0 Å². The minimum Gasteiger partial charge on any atom is -0.351 e. The summed E-state index contributed by atoms with van der Waals surface area (Å²) in [5.74, 6) is 0.0856. The molecule has 1 atom stereocenters. The molecule has 0 aromatic heterocycles. The van der Waals surface area contributed by atoms with Crippen molar-refractivity contribution in [3.05, 3.63) is 33.8 Å². The summed E-state index contributed by atoms with van der Waals surface area (Å²) in [6, 6.07) is 6.53. The van der Waals surface area contributed by atoms with Gasteiger partial charge in [0.1, 0.15) is 0 Å². The molecule has 1 saturated heterocycles. The number of amides is 1. The van der Waals surface area contributed by atoms with Crippen molar-refractivity contribution in [3.8, 4) is 0 Å². The van der Waals surface area contributed by atoms with E-state index in [9.17, 15) is 4.79 Å². The Morgan fingerprint density at radius 3 is 3.00 bits per heavy atom. The molecule has 1 heterocycles. The van der Waals surface area contributed by atoms with Crippen molar-refractivity contribution in [2.75, 3.05) is 13.1 Å². The molecule has 1 fully saturated rings. The van der Waals surface area contributed by atoms with Crippen molar-refractivity contribution >= 4 is 21.8 Å². The lowest BCUT2D eigenvalue weighted by Crippen LogP contribution is -2.52. The maximum absolute atomic E-state index is 11.2. The van der Waals surface area contributed by atoms with Crippen LogP contribution >= 0.6 is 15.9 Å². The van der Waals surface area contributed by atoms with Crippen molar-refractivity contribution in [2.45, 2.75) is 19.4 Å². The number of carbonyl (C=O) groups is 1. The van der Waals surface area contributed by atoms with E-state index in [-0.39, 0.29) is 11.9 Å². The van der Waals surface area contributed by atoms with Crippen LogP contribution in [0.25, 0.3) is 0 Å². The van der Waals surface area contributed by atoms with Crippen molar-refractivity contribution in [1.82, 2.24) is 10.6 Å². The molecule has 1 unspecified atom stereocenters. The molecule has 86 valence electrons. The molecule has 1 aliphatic heterocycles. The van der Waals surface area contributed by atoms with Gasteiger partial charge in [-0.15, -0.1) is 0 Å². The highest BCUT2D eigenvalue weighted by atomic mass is 79.9. The zero-order chi connectivity index (χ0) is 11.5. The molecule has 1 aromatic rings. The Morgan fingerprint density at radius 2 is 2.31 bits per heavy atom. The van der Waals surface area contributed by atoms with E-state index in [2.05, 4.69) is 51.7 Å². The van der Waals surface area contributed by atoms with Gasteiger partial charge < -0.3 is 10.6 Å². The molecular formula is C12H15BrN2O. The normalized spacial score (nSPS) is 20.6. The van der Waals surface area contributed by atoms with E-state index in [0.717, 1.165) is 17.4 Å². The zero-order valence-corrected chi connectivity index (χ0v) is 10.8. The average Bonchev–Trinajstić information content (AvgIpc) is 2.24. The fraction of sp³-hybridized carbons (Fsp3) is 0.417. The van der Waals surface area contributed by atoms with E-state index in [1.807, 2.05) is 0 Å². The highest BCUT2D eigenvalue weighted by Gasteiger charge is 2.17. The molecule has 16 heavy (non-hydrogen) atoms. The summed E-state index contributed by atoms with van der Waals surface area (Å²) in [7, 11) is 0. The van der Waals surface area contributed by atoms with E-state index < -0.39 is 0 Å². The Kier molecular flexibility index (Phi) is 3.61. The number of halogens is 1. The van der Waals surface area contributed by atoms with Crippen LogP contribution in [0, 0.1) is 6.92 Å². The number of hydrogen-bond donors (Lipinski definition) is 2. The summed E-state index contributed by atoms with van der Waals surface area (Å²) in [4.78, 5) is 11.2. The van der Waals surface area contributed by atoms with E-state index in [0.29, 0.717) is 6.54 Å². The average molecular weight is 283 g/mol. The molecule has 0 bridgehead atoms. The largest absolute Gasteiger partial charge is 0.351 e. The number of carbonyl (C=O) groups excluding carboxylic acids is 1. The summed E-state index contributed by atoms with van der Waals surface area (Å²) < 4.78 is 1.13. The number of nitrogens with one attached hydrogen (secondary N) is 2. The fourth-order valence-electron chi connectivity index (χ4n) is 1.86. The van der Waals surface area contributed by atoms with Gasteiger partial charge in [0.05, 0.1) is 6.54 Å². The lowest BCUT2D eigenvalue weighted by Gasteiger charge is -2.24. The van der Waals surface area contributed by atoms with Gasteiger partial charge in [-0.2, -0.15) is 0 Å². The standard InChI is InChI=1S/C12H15BrN2O/c1-8-2-3-9(5-11(8)13)4-10-6-14-7-12(16)15-10/h2-3,5,10,14H,4,6-7H2,1H3,(H,15,16). The van der Waals surface area contributed by atoms with Crippen LogP contribution in [0.15, 0.2) is 22.7 Å².